The molecule has 0 atom stereocenters. The van der Waals surface area contributed by atoms with Crippen molar-refractivity contribution >= 4 is 23.8 Å². The first-order valence-electron chi connectivity index (χ1n) is 12.5. The van der Waals surface area contributed by atoms with Crippen molar-refractivity contribution in [3.63, 3.8) is 0 Å². The molecule has 0 unspecified atom stereocenters. The lowest BCUT2D eigenvalue weighted by molar-refractivity contribution is 0.284. The molecule has 0 radical (unpaired) electrons. The molecule has 0 N–H and O–H groups in total. The monoisotopic (exact) mass is 479 g/mol. The quantitative estimate of drug-likeness (QED) is 0.304. The molecular formula is C32H33NO3. The van der Waals surface area contributed by atoms with Gasteiger partial charge in [-0.15, -0.1) is 0 Å². The van der Waals surface area contributed by atoms with Crippen LogP contribution in [0.3, 0.4) is 0 Å². The molecule has 0 saturated carbocycles. The number of methoxy groups -OCH3 is 3. The molecular weight excluding hydrogens is 446 g/mol. The van der Waals surface area contributed by atoms with Gasteiger partial charge in [0, 0.05) is 19.6 Å². The number of rotatable bonds is 6. The molecule has 1 aliphatic heterocycles. The second-order valence-electron chi connectivity index (χ2n) is 9.15. The summed E-state index contributed by atoms with van der Waals surface area (Å²) >= 11 is 0. The summed E-state index contributed by atoms with van der Waals surface area (Å²) in [5.74, 6) is 1.96. The lowest BCUT2D eigenvalue weighted by atomic mass is 9.86. The molecule has 2 aliphatic rings. The minimum Gasteiger partial charge on any atom is -0.493 e. The highest BCUT2D eigenvalue weighted by atomic mass is 16.5. The highest BCUT2D eigenvalue weighted by Gasteiger charge is 2.22. The molecule has 1 aliphatic carbocycles. The van der Waals surface area contributed by atoms with Gasteiger partial charge in [0.15, 0.2) is 11.5 Å². The van der Waals surface area contributed by atoms with Crippen molar-refractivity contribution in [2.24, 2.45) is 0 Å². The fraction of sp³-hybridized carbons (Fsp3) is 0.250. The Kier molecular flexibility index (Phi) is 7.24. The predicted octanol–water partition coefficient (Wildman–Crippen LogP) is 6.81. The fourth-order valence-electron chi connectivity index (χ4n) is 5.24. The molecule has 1 heterocycles. The number of benzene rings is 3. The molecule has 0 bridgehead atoms. The second kappa shape index (κ2) is 10.9. The van der Waals surface area contributed by atoms with Crippen molar-refractivity contribution in [1.82, 2.24) is 4.90 Å². The Morgan fingerprint density at radius 2 is 1.31 bits per heavy atom. The Morgan fingerprint density at radius 3 is 1.83 bits per heavy atom. The normalized spacial score (nSPS) is 15.4. The van der Waals surface area contributed by atoms with Crippen LogP contribution >= 0.6 is 0 Å². The minimum absolute atomic E-state index is 0.616. The molecule has 36 heavy (non-hydrogen) atoms. The Bertz CT molecular complexity index is 1250. The number of fused-ring (bicyclic) bond motifs is 2. The van der Waals surface area contributed by atoms with Crippen molar-refractivity contribution in [2.75, 3.05) is 41.0 Å². The maximum atomic E-state index is 5.49. The van der Waals surface area contributed by atoms with Crippen LogP contribution < -0.4 is 14.2 Å². The average molecular weight is 480 g/mol. The summed E-state index contributed by atoms with van der Waals surface area (Å²) in [5.41, 5.74) is 9.32. The lowest BCUT2D eigenvalue weighted by Gasteiger charge is -2.29. The van der Waals surface area contributed by atoms with Crippen LogP contribution in [0.2, 0.25) is 0 Å². The van der Waals surface area contributed by atoms with Crippen LogP contribution in [0.1, 0.15) is 40.7 Å². The maximum absolute atomic E-state index is 5.49. The Labute approximate surface area is 214 Å². The Hall–Kier alpha value is -3.76. The van der Waals surface area contributed by atoms with Gasteiger partial charge in [-0.2, -0.15) is 0 Å². The molecule has 0 spiro atoms. The largest absolute Gasteiger partial charge is 0.493 e. The van der Waals surface area contributed by atoms with Crippen LogP contribution in [-0.2, 0) is 0 Å². The summed E-state index contributed by atoms with van der Waals surface area (Å²) in [7, 11) is 4.91. The Balaban J connectivity index is 1.33. The van der Waals surface area contributed by atoms with E-state index in [-0.39, 0.29) is 0 Å². The molecule has 1 saturated heterocycles. The van der Waals surface area contributed by atoms with E-state index in [1.54, 1.807) is 26.9 Å². The summed E-state index contributed by atoms with van der Waals surface area (Å²) in [6.45, 7) is 3.01. The number of piperidine rings is 1. The van der Waals surface area contributed by atoms with Gasteiger partial charge in [-0.3, -0.25) is 4.90 Å². The summed E-state index contributed by atoms with van der Waals surface area (Å²) in [6.07, 6.45) is 11.0. The first kappa shape index (κ1) is 24.0. The molecule has 3 aromatic carbocycles. The van der Waals surface area contributed by atoms with Gasteiger partial charge in [0.25, 0.3) is 0 Å². The van der Waals surface area contributed by atoms with Crippen molar-refractivity contribution in [3.8, 4) is 17.2 Å². The minimum atomic E-state index is 0.616. The van der Waals surface area contributed by atoms with E-state index >= 15 is 0 Å². The smallest absolute Gasteiger partial charge is 0.203 e. The second-order valence-corrected chi connectivity index (χ2v) is 9.15. The Morgan fingerprint density at radius 1 is 0.750 bits per heavy atom. The van der Waals surface area contributed by atoms with Gasteiger partial charge in [-0.25, -0.2) is 0 Å². The van der Waals surface area contributed by atoms with Crippen LogP contribution in [0.15, 0.2) is 72.3 Å². The summed E-state index contributed by atoms with van der Waals surface area (Å²) in [5, 5.41) is 0. The number of nitrogens with zero attached hydrogens (tertiary/aromatic N) is 1. The summed E-state index contributed by atoms with van der Waals surface area (Å²) in [4.78, 5) is 2.52. The molecule has 5 rings (SSSR count). The van der Waals surface area contributed by atoms with Gasteiger partial charge in [-0.1, -0.05) is 78.4 Å². The zero-order chi connectivity index (χ0) is 24.9. The van der Waals surface area contributed by atoms with E-state index < -0.39 is 0 Å². The van der Waals surface area contributed by atoms with Gasteiger partial charge >= 0.3 is 0 Å². The molecule has 0 aromatic heterocycles. The van der Waals surface area contributed by atoms with Crippen molar-refractivity contribution in [3.05, 3.63) is 100 Å². The van der Waals surface area contributed by atoms with Gasteiger partial charge in [-0.05, 0) is 58.4 Å². The van der Waals surface area contributed by atoms with Gasteiger partial charge < -0.3 is 14.2 Å². The van der Waals surface area contributed by atoms with E-state index in [1.165, 1.54) is 27.8 Å². The highest BCUT2D eigenvalue weighted by Crippen LogP contribution is 2.40. The molecule has 4 nitrogen and oxygen atoms in total. The zero-order valence-corrected chi connectivity index (χ0v) is 21.3. The highest BCUT2D eigenvalue weighted by molar-refractivity contribution is 5.94. The van der Waals surface area contributed by atoms with E-state index in [0.717, 1.165) is 38.0 Å². The third-order valence-corrected chi connectivity index (χ3v) is 7.08. The standard InChI is InChI=1S/C32H33NO3/c1-34-29-21-23(22-30(35-2)32(29)36-3)9-8-18-33-19-16-26(17-20-33)31-27-12-6-4-10-24(27)14-15-25-11-5-7-13-28(25)31/h4-15,21-22H,16-20H2,1-3H3. The summed E-state index contributed by atoms with van der Waals surface area (Å²) in [6, 6.07) is 21.5. The first-order valence-corrected chi connectivity index (χ1v) is 12.5. The van der Waals surface area contributed by atoms with E-state index in [0.29, 0.717) is 17.2 Å². The topological polar surface area (TPSA) is 30.9 Å². The molecule has 0 amide bonds. The van der Waals surface area contributed by atoms with Crippen molar-refractivity contribution in [2.45, 2.75) is 12.8 Å². The summed E-state index contributed by atoms with van der Waals surface area (Å²) < 4.78 is 16.4. The number of hydrogen-bond donors (Lipinski definition) is 0. The van der Waals surface area contributed by atoms with Crippen LogP contribution in [0.4, 0.5) is 0 Å². The van der Waals surface area contributed by atoms with Crippen LogP contribution in [0.5, 0.6) is 17.2 Å². The lowest BCUT2D eigenvalue weighted by Crippen LogP contribution is -2.31. The van der Waals surface area contributed by atoms with E-state index in [9.17, 15) is 0 Å². The van der Waals surface area contributed by atoms with Crippen molar-refractivity contribution < 1.29 is 14.2 Å². The molecule has 3 aromatic rings. The number of hydrogen-bond acceptors (Lipinski definition) is 4. The van der Waals surface area contributed by atoms with Gasteiger partial charge in [0.05, 0.1) is 21.3 Å². The number of likely N-dealkylation sites (tertiary alicyclic amines) is 1. The molecule has 1 fully saturated rings. The average Bonchev–Trinajstić information content (AvgIpc) is 3.10. The molecule has 184 valence electrons. The third-order valence-electron chi connectivity index (χ3n) is 7.08. The van der Waals surface area contributed by atoms with Gasteiger partial charge in [0.1, 0.15) is 0 Å². The molecule has 4 heteroatoms. The van der Waals surface area contributed by atoms with Crippen LogP contribution in [-0.4, -0.2) is 45.9 Å². The SMILES string of the molecule is COc1cc(C=CCN2CCC(=C3c4ccccc4C=Cc4ccccc43)CC2)cc(OC)c1OC. The van der Waals surface area contributed by atoms with E-state index in [4.69, 9.17) is 14.2 Å². The third kappa shape index (κ3) is 4.82. The first-order chi connectivity index (χ1) is 17.7. The number of ether oxygens (including phenoxy) is 3. The van der Waals surface area contributed by atoms with Gasteiger partial charge in [0.2, 0.25) is 5.75 Å². The van der Waals surface area contributed by atoms with Crippen LogP contribution in [0.25, 0.3) is 23.8 Å². The fourth-order valence-corrected chi connectivity index (χ4v) is 5.24. The maximum Gasteiger partial charge on any atom is 0.203 e. The predicted molar refractivity (Wildman–Crippen MR) is 149 cm³/mol. The van der Waals surface area contributed by atoms with Crippen LogP contribution in [0, 0.1) is 0 Å². The van der Waals surface area contributed by atoms with E-state index in [2.05, 4.69) is 77.7 Å². The van der Waals surface area contributed by atoms with Crippen molar-refractivity contribution in [1.29, 1.82) is 0 Å². The van der Waals surface area contributed by atoms with E-state index in [1.807, 2.05) is 12.1 Å². The zero-order valence-electron chi connectivity index (χ0n) is 21.3.